The second-order valence-electron chi connectivity index (χ2n) is 5.44. The van der Waals surface area contributed by atoms with Gasteiger partial charge in [-0.05, 0) is 49.4 Å². The van der Waals surface area contributed by atoms with Gasteiger partial charge < -0.3 is 13.8 Å². The lowest BCUT2D eigenvalue weighted by atomic mass is 10.2. The summed E-state index contributed by atoms with van der Waals surface area (Å²) in [4.78, 5) is 8.85. The highest BCUT2D eigenvalue weighted by atomic mass is 16.5. The van der Waals surface area contributed by atoms with E-state index in [1.165, 1.54) is 0 Å². The van der Waals surface area contributed by atoms with Crippen LogP contribution in [0, 0.1) is 0 Å². The van der Waals surface area contributed by atoms with E-state index in [1.807, 2.05) is 61.0 Å². The van der Waals surface area contributed by atoms with Crippen LogP contribution in [0.5, 0.6) is 5.75 Å². The van der Waals surface area contributed by atoms with Gasteiger partial charge in [-0.3, -0.25) is 0 Å². The van der Waals surface area contributed by atoms with Gasteiger partial charge >= 0.3 is 0 Å². The number of aromatic nitrogens is 4. The molecule has 2 heterocycles. The molecule has 6 nitrogen and oxygen atoms in total. The largest absolute Gasteiger partial charge is 0.494 e. The Morgan fingerprint density at radius 2 is 1.88 bits per heavy atom. The zero-order valence-electron chi connectivity index (χ0n) is 13.4. The van der Waals surface area contributed by atoms with E-state index in [1.54, 1.807) is 6.33 Å². The van der Waals surface area contributed by atoms with Crippen LogP contribution < -0.4 is 4.74 Å². The van der Waals surface area contributed by atoms with E-state index in [9.17, 15) is 0 Å². The molecule has 2 aromatic heterocycles. The highest BCUT2D eigenvalue weighted by Crippen LogP contribution is 2.25. The van der Waals surface area contributed by atoms with Gasteiger partial charge in [-0.15, -0.1) is 0 Å². The van der Waals surface area contributed by atoms with E-state index in [2.05, 4.69) is 15.1 Å². The maximum atomic E-state index is 5.44. The fourth-order valence-electron chi connectivity index (χ4n) is 2.59. The number of benzene rings is 2. The Morgan fingerprint density at radius 3 is 2.67 bits per heavy atom. The summed E-state index contributed by atoms with van der Waals surface area (Å²) in [5.41, 5.74) is 3.70. The normalized spacial score (nSPS) is 11.1. The Morgan fingerprint density at radius 1 is 1.08 bits per heavy atom. The Bertz CT molecular complexity index is 986. The molecule has 0 atom stereocenters. The summed E-state index contributed by atoms with van der Waals surface area (Å²) in [5, 5.41) is 4.08. The zero-order chi connectivity index (χ0) is 16.5. The third-order valence-corrected chi connectivity index (χ3v) is 3.82. The van der Waals surface area contributed by atoms with E-state index in [-0.39, 0.29) is 0 Å². The maximum absolute atomic E-state index is 5.44. The quantitative estimate of drug-likeness (QED) is 0.574. The van der Waals surface area contributed by atoms with E-state index in [0.717, 1.165) is 27.9 Å². The number of imidazole rings is 1. The lowest BCUT2D eigenvalue weighted by molar-refractivity contribution is 0.340. The average Bonchev–Trinajstić information content (AvgIpc) is 3.23. The lowest BCUT2D eigenvalue weighted by Gasteiger charge is -2.02. The molecule has 24 heavy (non-hydrogen) atoms. The smallest absolute Gasteiger partial charge is 0.258 e. The Balaban J connectivity index is 1.65. The summed E-state index contributed by atoms with van der Waals surface area (Å²) in [6, 6.07) is 13.5. The van der Waals surface area contributed by atoms with Crippen molar-refractivity contribution < 1.29 is 9.26 Å². The van der Waals surface area contributed by atoms with E-state index >= 15 is 0 Å². The van der Waals surface area contributed by atoms with Crippen molar-refractivity contribution in [2.45, 2.75) is 6.92 Å². The highest BCUT2D eigenvalue weighted by molar-refractivity contribution is 5.80. The lowest BCUT2D eigenvalue weighted by Crippen LogP contribution is -1.90. The molecule has 0 spiro atoms. The van der Waals surface area contributed by atoms with Gasteiger partial charge in [0, 0.05) is 18.2 Å². The van der Waals surface area contributed by atoms with Gasteiger partial charge in [0.1, 0.15) is 5.75 Å². The fourth-order valence-corrected chi connectivity index (χ4v) is 2.59. The molecule has 120 valence electrons. The van der Waals surface area contributed by atoms with E-state index < -0.39 is 0 Å². The molecule has 4 aromatic rings. The molecule has 0 amide bonds. The molecule has 0 bridgehead atoms. The number of ether oxygens (including phenoxy) is 1. The van der Waals surface area contributed by atoms with Crippen LogP contribution in [0.1, 0.15) is 6.92 Å². The molecule has 0 aliphatic heterocycles. The number of hydrogen-bond acceptors (Lipinski definition) is 5. The van der Waals surface area contributed by atoms with Gasteiger partial charge in [-0.25, -0.2) is 4.98 Å². The van der Waals surface area contributed by atoms with Gasteiger partial charge in [-0.1, -0.05) is 5.16 Å². The zero-order valence-corrected chi connectivity index (χ0v) is 13.4. The molecule has 0 N–H and O–H groups in total. The summed E-state index contributed by atoms with van der Waals surface area (Å²) in [5.74, 6) is 1.85. The standard InChI is InChI=1S/C18H16N4O2/c1-3-23-14-7-4-12(5-8-14)18-20-17(21-24-18)13-6-9-16-15(10-13)19-11-22(16)2/h4-11H,3H2,1-2H3. The number of aryl methyl sites for hydroxylation is 1. The van der Waals surface area contributed by atoms with Crippen molar-refractivity contribution in [1.29, 1.82) is 0 Å². The van der Waals surface area contributed by atoms with Gasteiger partial charge in [0.15, 0.2) is 0 Å². The predicted octanol–water partition coefficient (Wildman–Crippen LogP) is 3.69. The van der Waals surface area contributed by atoms with Crippen molar-refractivity contribution in [1.82, 2.24) is 19.7 Å². The Kier molecular flexibility index (Phi) is 3.49. The van der Waals surface area contributed by atoms with Crippen molar-refractivity contribution >= 4 is 11.0 Å². The van der Waals surface area contributed by atoms with Gasteiger partial charge in [0.2, 0.25) is 5.82 Å². The Hall–Kier alpha value is -3.15. The molecule has 2 aromatic carbocycles. The summed E-state index contributed by atoms with van der Waals surface area (Å²) in [6.45, 7) is 2.59. The maximum Gasteiger partial charge on any atom is 0.258 e. The summed E-state index contributed by atoms with van der Waals surface area (Å²) in [7, 11) is 1.97. The molecule has 0 radical (unpaired) electrons. The minimum atomic E-state index is 0.481. The van der Waals surface area contributed by atoms with Crippen molar-refractivity contribution in [3.63, 3.8) is 0 Å². The number of hydrogen-bond donors (Lipinski definition) is 0. The van der Waals surface area contributed by atoms with Crippen LogP contribution in [0.3, 0.4) is 0 Å². The van der Waals surface area contributed by atoms with Crippen molar-refractivity contribution in [3.8, 4) is 28.6 Å². The van der Waals surface area contributed by atoms with Gasteiger partial charge in [-0.2, -0.15) is 4.98 Å². The molecule has 0 aliphatic rings. The first-order chi connectivity index (χ1) is 11.7. The van der Waals surface area contributed by atoms with Crippen LogP contribution in [0.4, 0.5) is 0 Å². The van der Waals surface area contributed by atoms with Crippen molar-refractivity contribution in [2.24, 2.45) is 7.05 Å². The molecule has 0 saturated carbocycles. The number of fused-ring (bicyclic) bond motifs is 1. The third-order valence-electron chi connectivity index (χ3n) is 3.82. The molecule has 6 heteroatoms. The molecular formula is C18H16N4O2. The highest BCUT2D eigenvalue weighted by Gasteiger charge is 2.12. The summed E-state index contributed by atoms with van der Waals surface area (Å²) < 4.78 is 12.8. The minimum absolute atomic E-state index is 0.481. The fraction of sp³-hybridized carbons (Fsp3) is 0.167. The molecule has 0 unspecified atom stereocenters. The number of nitrogens with zero attached hydrogens (tertiary/aromatic N) is 4. The van der Waals surface area contributed by atoms with Crippen LogP contribution in [0.2, 0.25) is 0 Å². The molecule has 0 saturated heterocycles. The second-order valence-corrected chi connectivity index (χ2v) is 5.44. The van der Waals surface area contributed by atoms with Crippen LogP contribution >= 0.6 is 0 Å². The van der Waals surface area contributed by atoms with Crippen LogP contribution in [-0.4, -0.2) is 26.3 Å². The number of rotatable bonds is 4. The monoisotopic (exact) mass is 320 g/mol. The van der Waals surface area contributed by atoms with Gasteiger partial charge in [0.05, 0.1) is 24.0 Å². The first-order valence-electron chi connectivity index (χ1n) is 7.73. The van der Waals surface area contributed by atoms with E-state index in [0.29, 0.717) is 18.3 Å². The van der Waals surface area contributed by atoms with Crippen molar-refractivity contribution in [2.75, 3.05) is 6.61 Å². The topological polar surface area (TPSA) is 66.0 Å². The molecule has 4 rings (SSSR count). The predicted molar refractivity (Wildman–Crippen MR) is 90.6 cm³/mol. The molecular weight excluding hydrogens is 304 g/mol. The van der Waals surface area contributed by atoms with Crippen LogP contribution in [0.25, 0.3) is 33.9 Å². The van der Waals surface area contributed by atoms with Crippen LogP contribution in [0.15, 0.2) is 53.3 Å². The average molecular weight is 320 g/mol. The van der Waals surface area contributed by atoms with E-state index in [4.69, 9.17) is 9.26 Å². The van der Waals surface area contributed by atoms with Crippen LogP contribution in [-0.2, 0) is 7.05 Å². The van der Waals surface area contributed by atoms with Gasteiger partial charge in [0.25, 0.3) is 5.89 Å². The summed E-state index contributed by atoms with van der Waals surface area (Å²) in [6.07, 6.45) is 1.79. The molecule has 0 fully saturated rings. The summed E-state index contributed by atoms with van der Waals surface area (Å²) >= 11 is 0. The molecule has 0 aliphatic carbocycles. The van der Waals surface area contributed by atoms with Crippen molar-refractivity contribution in [3.05, 3.63) is 48.8 Å². The Labute approximate surface area is 138 Å². The first-order valence-corrected chi connectivity index (χ1v) is 7.73. The minimum Gasteiger partial charge on any atom is -0.494 e. The SMILES string of the molecule is CCOc1ccc(-c2nc(-c3ccc4c(c3)ncn4C)no2)cc1. The third kappa shape index (κ3) is 2.52. The first kappa shape index (κ1) is 14.4. The second kappa shape index (κ2) is 5.81.